The first kappa shape index (κ1) is 20.0. The second-order valence-electron chi connectivity index (χ2n) is 6.18. The lowest BCUT2D eigenvalue weighted by atomic mass is 10.0. The first-order valence-corrected chi connectivity index (χ1v) is 8.12. The number of amides is 2. The van der Waals surface area contributed by atoms with Crippen LogP contribution in [-0.4, -0.2) is 32.5 Å². The molecule has 0 saturated heterocycles. The second kappa shape index (κ2) is 8.15. The Balaban J connectivity index is 3.33. The predicted octanol–water partition coefficient (Wildman–Crippen LogP) is 2.52. The molecule has 24 heavy (non-hydrogen) atoms. The number of carbonyl (C=O) groups is 2. The average molecular weight is 353 g/mol. The Morgan fingerprint density at radius 1 is 1.38 bits per heavy atom. The minimum Gasteiger partial charge on any atom is -0.350 e. The van der Waals surface area contributed by atoms with Gasteiger partial charge in [-0.3, -0.25) is 14.3 Å². The fraction of sp³-hybridized carbons (Fsp3) is 0.471. The highest BCUT2D eigenvalue weighted by Crippen LogP contribution is 2.26. The summed E-state index contributed by atoms with van der Waals surface area (Å²) in [6.07, 6.45) is 4.90. The van der Waals surface area contributed by atoms with E-state index in [9.17, 15) is 9.59 Å². The zero-order valence-electron chi connectivity index (χ0n) is 15.0. The Labute approximate surface area is 147 Å². The number of alkyl halides is 1. The van der Waals surface area contributed by atoms with Crippen LogP contribution in [0.5, 0.6) is 0 Å². The highest BCUT2D eigenvalue weighted by atomic mass is 35.5. The number of allylic oxidation sites excluding steroid dienone is 2. The van der Waals surface area contributed by atoms with E-state index in [1.165, 1.54) is 10.9 Å². The fourth-order valence-corrected chi connectivity index (χ4v) is 2.24. The molecule has 0 radical (unpaired) electrons. The van der Waals surface area contributed by atoms with Crippen LogP contribution in [0.25, 0.3) is 0 Å². The number of rotatable bonds is 6. The van der Waals surface area contributed by atoms with Crippen molar-refractivity contribution in [2.45, 2.75) is 45.5 Å². The summed E-state index contributed by atoms with van der Waals surface area (Å²) < 4.78 is 1.46. The van der Waals surface area contributed by atoms with Gasteiger partial charge in [0.25, 0.3) is 11.8 Å². The number of hydrogen-bond donors (Lipinski definition) is 2. The van der Waals surface area contributed by atoms with Crippen LogP contribution in [0.2, 0.25) is 0 Å². The molecule has 6 nitrogen and oxygen atoms in total. The molecule has 1 aromatic rings. The monoisotopic (exact) mass is 352 g/mol. The van der Waals surface area contributed by atoms with Crippen LogP contribution in [0.1, 0.15) is 45.1 Å². The molecule has 0 aliphatic carbocycles. The van der Waals surface area contributed by atoms with Gasteiger partial charge < -0.3 is 10.6 Å². The molecule has 0 spiro atoms. The summed E-state index contributed by atoms with van der Waals surface area (Å²) in [7, 11) is 1.67. The number of halogens is 1. The van der Waals surface area contributed by atoms with E-state index in [-0.39, 0.29) is 17.9 Å². The average Bonchev–Trinajstić information content (AvgIpc) is 2.86. The smallest absolute Gasteiger partial charge is 0.273 e. The Hall–Kier alpha value is -2.08. The summed E-state index contributed by atoms with van der Waals surface area (Å²) in [6, 6.07) is 1.56. The van der Waals surface area contributed by atoms with E-state index in [1.54, 1.807) is 46.0 Å². The molecular formula is C17H25ClN4O2. The van der Waals surface area contributed by atoms with Gasteiger partial charge >= 0.3 is 0 Å². The first-order chi connectivity index (χ1) is 11.1. The molecule has 0 saturated carbocycles. The Morgan fingerprint density at radius 2 is 2.00 bits per heavy atom. The van der Waals surface area contributed by atoms with E-state index in [0.717, 1.165) is 0 Å². The molecule has 1 rings (SSSR count). The summed E-state index contributed by atoms with van der Waals surface area (Å²) in [5.41, 5.74) is 1.03. The van der Waals surface area contributed by atoms with Crippen molar-refractivity contribution in [3.8, 4) is 0 Å². The van der Waals surface area contributed by atoms with Gasteiger partial charge in [0.1, 0.15) is 5.69 Å². The van der Waals surface area contributed by atoms with E-state index < -0.39 is 4.87 Å². The maximum Gasteiger partial charge on any atom is 0.273 e. The van der Waals surface area contributed by atoms with Crippen molar-refractivity contribution in [1.29, 1.82) is 0 Å². The van der Waals surface area contributed by atoms with Crippen LogP contribution in [0, 0.1) is 0 Å². The van der Waals surface area contributed by atoms with Crippen molar-refractivity contribution in [3.63, 3.8) is 0 Å². The fourth-order valence-electron chi connectivity index (χ4n) is 2.09. The molecule has 0 aliphatic heterocycles. The molecule has 2 N–H and O–H groups in total. The number of nitrogens with one attached hydrogen (secondary N) is 2. The van der Waals surface area contributed by atoms with E-state index in [4.69, 9.17) is 11.6 Å². The third-order valence-corrected chi connectivity index (χ3v) is 3.34. The Morgan fingerprint density at radius 3 is 2.42 bits per heavy atom. The topological polar surface area (TPSA) is 76.0 Å². The van der Waals surface area contributed by atoms with Crippen LogP contribution >= 0.6 is 11.6 Å². The lowest BCUT2D eigenvalue weighted by Crippen LogP contribution is -2.39. The van der Waals surface area contributed by atoms with Crippen LogP contribution in [-0.2, 0) is 11.8 Å². The molecular weight excluding hydrogens is 328 g/mol. The SMILES string of the molecule is CC=CC(C(=O)NC(C)C)=C(NC(=O)c1ccnn1C)C(C)(C)Cl. The number of aryl methyl sites for hydroxylation is 1. The zero-order chi connectivity index (χ0) is 18.5. The summed E-state index contributed by atoms with van der Waals surface area (Å²) in [4.78, 5) is 24.1. The van der Waals surface area contributed by atoms with Crippen LogP contribution in [0.3, 0.4) is 0 Å². The normalized spacial score (nSPS) is 13.2. The molecule has 1 aromatic heterocycles. The largest absolute Gasteiger partial charge is 0.350 e. The standard InChI is InChI=1S/C17H25ClN4O2/c1-7-8-12(15(23)20-11(2)3)14(17(4,5)18)21-16(24)13-9-10-19-22(13)6/h7-11H,1-6H3,(H,20,23)(H,21,24). The molecule has 0 aromatic carbocycles. The first-order valence-electron chi connectivity index (χ1n) is 7.74. The number of hydrogen-bond acceptors (Lipinski definition) is 3. The lowest BCUT2D eigenvalue weighted by Gasteiger charge is -2.24. The van der Waals surface area contributed by atoms with Crippen LogP contribution < -0.4 is 10.6 Å². The van der Waals surface area contributed by atoms with Crippen molar-refractivity contribution in [2.75, 3.05) is 0 Å². The predicted molar refractivity (Wildman–Crippen MR) is 95.7 cm³/mol. The van der Waals surface area contributed by atoms with Gasteiger partial charge in [0.15, 0.2) is 0 Å². The third kappa shape index (κ3) is 5.23. The highest BCUT2D eigenvalue weighted by Gasteiger charge is 2.28. The van der Waals surface area contributed by atoms with Crippen molar-refractivity contribution in [1.82, 2.24) is 20.4 Å². The van der Waals surface area contributed by atoms with Gasteiger partial charge in [-0.1, -0.05) is 12.2 Å². The number of aromatic nitrogens is 2. The third-order valence-electron chi connectivity index (χ3n) is 3.15. The molecule has 1 heterocycles. The summed E-state index contributed by atoms with van der Waals surface area (Å²) in [6.45, 7) is 8.97. The number of carbonyl (C=O) groups excluding carboxylic acids is 2. The lowest BCUT2D eigenvalue weighted by molar-refractivity contribution is -0.117. The molecule has 7 heteroatoms. The zero-order valence-corrected chi connectivity index (χ0v) is 15.7. The van der Waals surface area contributed by atoms with Gasteiger partial charge in [-0.05, 0) is 40.7 Å². The van der Waals surface area contributed by atoms with Gasteiger partial charge in [0.05, 0.1) is 16.1 Å². The van der Waals surface area contributed by atoms with Gasteiger partial charge in [0, 0.05) is 19.3 Å². The minimum absolute atomic E-state index is 0.0368. The van der Waals surface area contributed by atoms with E-state index >= 15 is 0 Å². The van der Waals surface area contributed by atoms with Gasteiger partial charge in [-0.15, -0.1) is 11.6 Å². The summed E-state index contributed by atoms with van der Waals surface area (Å²) in [5.74, 6) is -0.671. The molecule has 132 valence electrons. The second-order valence-corrected chi connectivity index (χ2v) is 7.13. The van der Waals surface area contributed by atoms with Crippen molar-refractivity contribution in [3.05, 3.63) is 41.4 Å². The molecule has 0 unspecified atom stereocenters. The Bertz CT molecular complexity index is 666. The number of nitrogens with zero attached hydrogens (tertiary/aromatic N) is 2. The molecule has 0 aliphatic rings. The molecule has 0 fully saturated rings. The van der Waals surface area contributed by atoms with Crippen molar-refractivity contribution < 1.29 is 9.59 Å². The van der Waals surface area contributed by atoms with Crippen molar-refractivity contribution >= 4 is 23.4 Å². The van der Waals surface area contributed by atoms with Gasteiger partial charge in [-0.25, -0.2) is 0 Å². The minimum atomic E-state index is -0.947. The van der Waals surface area contributed by atoms with Gasteiger partial charge in [-0.2, -0.15) is 5.10 Å². The summed E-state index contributed by atoms with van der Waals surface area (Å²) in [5, 5.41) is 9.58. The van der Waals surface area contributed by atoms with Crippen LogP contribution in [0.4, 0.5) is 0 Å². The summed E-state index contributed by atoms with van der Waals surface area (Å²) >= 11 is 6.45. The van der Waals surface area contributed by atoms with Crippen LogP contribution in [0.15, 0.2) is 35.7 Å². The quantitative estimate of drug-likeness (QED) is 0.469. The van der Waals surface area contributed by atoms with E-state index in [2.05, 4.69) is 15.7 Å². The maximum atomic E-state index is 12.5. The molecule has 0 bridgehead atoms. The van der Waals surface area contributed by atoms with Gasteiger partial charge in [0.2, 0.25) is 0 Å². The molecule has 0 atom stereocenters. The molecule has 2 amide bonds. The Kier molecular flexibility index (Phi) is 6.78. The highest BCUT2D eigenvalue weighted by molar-refractivity contribution is 6.26. The van der Waals surface area contributed by atoms with E-state index in [1.807, 2.05) is 13.8 Å². The maximum absolute atomic E-state index is 12.5. The van der Waals surface area contributed by atoms with E-state index in [0.29, 0.717) is 17.0 Å². The van der Waals surface area contributed by atoms with Crippen molar-refractivity contribution in [2.24, 2.45) is 7.05 Å².